The Hall–Kier alpha value is -0.440. The fraction of sp³-hybridized carbons (Fsp3) is 0.500. The molecule has 2 rings (SSSR count). The maximum absolute atomic E-state index is 13.8. The molecule has 0 N–H and O–H groups in total. The van der Waals surface area contributed by atoms with E-state index >= 15 is 0 Å². The fourth-order valence-electron chi connectivity index (χ4n) is 2.24. The van der Waals surface area contributed by atoms with E-state index in [1.165, 1.54) is 12.1 Å². The SMILES string of the molecule is CC1(c2c(F)cc(CBr)cc2F)CCC1. The number of rotatable bonds is 2. The van der Waals surface area contributed by atoms with Crippen molar-refractivity contribution in [3.05, 3.63) is 34.9 Å². The summed E-state index contributed by atoms with van der Waals surface area (Å²) in [7, 11) is 0. The Morgan fingerprint density at radius 2 is 1.80 bits per heavy atom. The van der Waals surface area contributed by atoms with Crippen molar-refractivity contribution in [2.24, 2.45) is 0 Å². The van der Waals surface area contributed by atoms with Crippen LogP contribution in [0.1, 0.15) is 37.3 Å². The van der Waals surface area contributed by atoms with Gasteiger partial charge in [0, 0.05) is 10.9 Å². The van der Waals surface area contributed by atoms with Crippen LogP contribution in [-0.2, 0) is 10.7 Å². The zero-order valence-corrected chi connectivity index (χ0v) is 10.2. The van der Waals surface area contributed by atoms with E-state index in [1.54, 1.807) is 0 Å². The summed E-state index contributed by atoms with van der Waals surface area (Å²) in [4.78, 5) is 0. The van der Waals surface area contributed by atoms with Gasteiger partial charge in [0.25, 0.3) is 0 Å². The summed E-state index contributed by atoms with van der Waals surface area (Å²) in [5.41, 5.74) is 0.647. The molecule has 1 saturated carbocycles. The van der Waals surface area contributed by atoms with E-state index in [1.807, 2.05) is 6.92 Å². The first kappa shape index (κ1) is 11.1. The molecule has 1 aromatic rings. The molecule has 0 bridgehead atoms. The summed E-state index contributed by atoms with van der Waals surface area (Å²) in [6.45, 7) is 1.94. The van der Waals surface area contributed by atoms with E-state index in [2.05, 4.69) is 15.9 Å². The summed E-state index contributed by atoms with van der Waals surface area (Å²) in [5.74, 6) is -0.793. The second kappa shape index (κ2) is 3.85. The van der Waals surface area contributed by atoms with Crippen LogP contribution in [-0.4, -0.2) is 0 Å². The average Bonchev–Trinajstić information content (AvgIpc) is 2.13. The molecule has 0 aliphatic heterocycles. The van der Waals surface area contributed by atoms with Crippen LogP contribution in [0.15, 0.2) is 12.1 Å². The molecule has 15 heavy (non-hydrogen) atoms. The molecule has 3 heteroatoms. The van der Waals surface area contributed by atoms with Crippen LogP contribution in [0, 0.1) is 11.6 Å². The van der Waals surface area contributed by atoms with Gasteiger partial charge in [-0.2, -0.15) is 0 Å². The summed E-state index contributed by atoms with van der Waals surface area (Å²) < 4.78 is 27.5. The predicted octanol–water partition coefficient (Wildman–Crippen LogP) is 4.30. The van der Waals surface area contributed by atoms with Gasteiger partial charge in [0.1, 0.15) is 11.6 Å². The summed E-state index contributed by atoms with van der Waals surface area (Å²) in [5, 5.41) is 0.484. The van der Waals surface area contributed by atoms with Gasteiger partial charge in [-0.05, 0) is 36.0 Å². The van der Waals surface area contributed by atoms with Gasteiger partial charge in [-0.1, -0.05) is 29.3 Å². The number of hydrogen-bond donors (Lipinski definition) is 0. The molecule has 0 aromatic heterocycles. The minimum Gasteiger partial charge on any atom is -0.207 e. The molecule has 1 aromatic carbocycles. The van der Waals surface area contributed by atoms with Gasteiger partial charge in [-0.3, -0.25) is 0 Å². The highest BCUT2D eigenvalue weighted by Crippen LogP contribution is 2.45. The lowest BCUT2D eigenvalue weighted by Gasteiger charge is -2.39. The predicted molar refractivity (Wildman–Crippen MR) is 60.2 cm³/mol. The molecule has 1 fully saturated rings. The Morgan fingerprint density at radius 1 is 1.27 bits per heavy atom. The summed E-state index contributed by atoms with van der Waals surface area (Å²) >= 11 is 3.20. The largest absolute Gasteiger partial charge is 0.207 e. The highest BCUT2D eigenvalue weighted by molar-refractivity contribution is 9.08. The lowest BCUT2D eigenvalue weighted by molar-refractivity contribution is 0.253. The first-order valence-electron chi connectivity index (χ1n) is 5.11. The summed E-state index contributed by atoms with van der Waals surface area (Å²) in [6, 6.07) is 2.85. The topological polar surface area (TPSA) is 0 Å². The molecule has 0 unspecified atom stereocenters. The zero-order valence-electron chi connectivity index (χ0n) is 8.62. The number of benzene rings is 1. The molecular formula is C12H13BrF2. The Kier molecular flexibility index (Phi) is 2.84. The van der Waals surface area contributed by atoms with Gasteiger partial charge in [-0.15, -0.1) is 0 Å². The van der Waals surface area contributed by atoms with Gasteiger partial charge >= 0.3 is 0 Å². The first-order chi connectivity index (χ1) is 7.07. The van der Waals surface area contributed by atoms with Crippen LogP contribution in [0.3, 0.4) is 0 Å². The van der Waals surface area contributed by atoms with Crippen LogP contribution in [0.2, 0.25) is 0 Å². The molecule has 0 atom stereocenters. The quantitative estimate of drug-likeness (QED) is 0.706. The Bertz CT molecular complexity index is 360. The maximum atomic E-state index is 13.8. The normalized spacial score (nSPS) is 18.7. The standard InChI is InChI=1S/C12H13BrF2/c1-12(3-2-4-12)11-9(14)5-8(7-13)6-10(11)15/h5-6H,2-4,7H2,1H3. The Balaban J connectivity index is 2.47. The lowest BCUT2D eigenvalue weighted by atomic mass is 9.65. The Morgan fingerprint density at radius 3 is 2.13 bits per heavy atom. The van der Waals surface area contributed by atoms with Crippen molar-refractivity contribution < 1.29 is 8.78 Å². The second-order valence-electron chi connectivity index (χ2n) is 4.48. The molecule has 0 radical (unpaired) electrons. The highest BCUT2D eigenvalue weighted by Gasteiger charge is 2.38. The van der Waals surface area contributed by atoms with Gasteiger partial charge in [0.2, 0.25) is 0 Å². The van der Waals surface area contributed by atoms with E-state index < -0.39 is 11.6 Å². The molecule has 0 saturated heterocycles. The molecular weight excluding hydrogens is 262 g/mol. The third-order valence-corrected chi connectivity index (χ3v) is 3.96. The van der Waals surface area contributed by atoms with E-state index in [-0.39, 0.29) is 11.0 Å². The van der Waals surface area contributed by atoms with Crippen molar-refractivity contribution in [3.63, 3.8) is 0 Å². The molecule has 0 heterocycles. The smallest absolute Gasteiger partial charge is 0.130 e. The van der Waals surface area contributed by atoms with Crippen molar-refractivity contribution in [1.29, 1.82) is 0 Å². The molecule has 1 aliphatic rings. The Labute approximate surface area is 96.8 Å². The van der Waals surface area contributed by atoms with Crippen LogP contribution < -0.4 is 0 Å². The number of hydrogen-bond acceptors (Lipinski definition) is 0. The van der Waals surface area contributed by atoms with Gasteiger partial charge < -0.3 is 0 Å². The molecule has 1 aliphatic carbocycles. The number of halogens is 3. The van der Waals surface area contributed by atoms with Gasteiger partial charge in [0.05, 0.1) is 0 Å². The van der Waals surface area contributed by atoms with E-state index in [0.717, 1.165) is 19.3 Å². The van der Waals surface area contributed by atoms with E-state index in [0.29, 0.717) is 10.9 Å². The van der Waals surface area contributed by atoms with Crippen LogP contribution in [0.4, 0.5) is 8.78 Å². The van der Waals surface area contributed by atoms with E-state index in [4.69, 9.17) is 0 Å². The first-order valence-corrected chi connectivity index (χ1v) is 6.23. The van der Waals surface area contributed by atoms with Crippen molar-refractivity contribution in [1.82, 2.24) is 0 Å². The molecule has 82 valence electrons. The second-order valence-corrected chi connectivity index (χ2v) is 5.04. The monoisotopic (exact) mass is 274 g/mol. The zero-order chi connectivity index (χ0) is 11.1. The third kappa shape index (κ3) is 1.82. The van der Waals surface area contributed by atoms with Gasteiger partial charge in [-0.25, -0.2) is 8.78 Å². The van der Waals surface area contributed by atoms with Crippen molar-refractivity contribution in [2.45, 2.75) is 36.9 Å². The number of alkyl halides is 1. The fourth-order valence-corrected chi connectivity index (χ4v) is 2.56. The van der Waals surface area contributed by atoms with Gasteiger partial charge in [0.15, 0.2) is 0 Å². The highest BCUT2D eigenvalue weighted by atomic mass is 79.9. The van der Waals surface area contributed by atoms with Crippen LogP contribution >= 0.6 is 15.9 Å². The van der Waals surface area contributed by atoms with Crippen molar-refractivity contribution in [2.75, 3.05) is 0 Å². The third-order valence-electron chi connectivity index (χ3n) is 3.32. The van der Waals surface area contributed by atoms with Crippen molar-refractivity contribution >= 4 is 15.9 Å². The molecule has 0 amide bonds. The van der Waals surface area contributed by atoms with E-state index in [9.17, 15) is 8.78 Å². The average molecular weight is 275 g/mol. The molecule has 0 spiro atoms. The lowest BCUT2D eigenvalue weighted by Crippen LogP contribution is -2.32. The summed E-state index contributed by atoms with van der Waals surface area (Å²) in [6.07, 6.45) is 2.83. The van der Waals surface area contributed by atoms with Crippen molar-refractivity contribution in [3.8, 4) is 0 Å². The van der Waals surface area contributed by atoms with Crippen LogP contribution in [0.25, 0.3) is 0 Å². The minimum absolute atomic E-state index is 0.276. The minimum atomic E-state index is -0.397. The maximum Gasteiger partial charge on any atom is 0.130 e. The molecule has 0 nitrogen and oxygen atoms in total. The van der Waals surface area contributed by atoms with Crippen LogP contribution in [0.5, 0.6) is 0 Å².